The lowest BCUT2D eigenvalue weighted by molar-refractivity contribution is 0.648. The molecule has 0 aromatic carbocycles. The van der Waals surface area contributed by atoms with Gasteiger partial charge in [0.05, 0.1) is 0 Å². The zero-order chi connectivity index (χ0) is 12.3. The maximum atomic E-state index is 4.41. The van der Waals surface area contributed by atoms with E-state index in [1.807, 2.05) is 26.2 Å². The van der Waals surface area contributed by atoms with Crippen molar-refractivity contribution in [1.29, 1.82) is 0 Å². The highest BCUT2D eigenvalue weighted by Crippen LogP contribution is 2.27. The SMILES string of the molecule is CNC(C)c1ccc(Sc2nc(C)ns2)nc1. The van der Waals surface area contributed by atoms with Crippen molar-refractivity contribution in [3.8, 4) is 0 Å². The highest BCUT2D eigenvalue weighted by molar-refractivity contribution is 8.00. The van der Waals surface area contributed by atoms with Crippen LogP contribution < -0.4 is 5.32 Å². The summed E-state index contributed by atoms with van der Waals surface area (Å²) in [4.78, 5) is 8.71. The van der Waals surface area contributed by atoms with Gasteiger partial charge in [-0.1, -0.05) is 6.07 Å². The van der Waals surface area contributed by atoms with Crippen LogP contribution in [0.2, 0.25) is 0 Å². The van der Waals surface area contributed by atoms with E-state index in [9.17, 15) is 0 Å². The van der Waals surface area contributed by atoms with Crippen LogP contribution in [0.3, 0.4) is 0 Å². The first-order valence-electron chi connectivity index (χ1n) is 5.30. The van der Waals surface area contributed by atoms with Gasteiger partial charge in [-0.05, 0) is 55.8 Å². The molecule has 0 fully saturated rings. The van der Waals surface area contributed by atoms with Crippen LogP contribution in [0.4, 0.5) is 0 Å². The van der Waals surface area contributed by atoms with Gasteiger partial charge in [-0.15, -0.1) is 0 Å². The summed E-state index contributed by atoms with van der Waals surface area (Å²) in [5.41, 5.74) is 1.19. The minimum absolute atomic E-state index is 0.324. The molecule has 0 aliphatic carbocycles. The molecule has 1 N–H and O–H groups in total. The number of aryl methyl sites for hydroxylation is 1. The summed E-state index contributed by atoms with van der Waals surface area (Å²) in [6.07, 6.45) is 1.90. The van der Waals surface area contributed by atoms with Crippen LogP contribution in [0.15, 0.2) is 27.7 Å². The third-order valence-corrected chi connectivity index (χ3v) is 4.19. The Hall–Kier alpha value is -0.980. The van der Waals surface area contributed by atoms with Gasteiger partial charge >= 0.3 is 0 Å². The maximum absolute atomic E-state index is 4.41. The van der Waals surface area contributed by atoms with Crippen LogP contribution in [-0.2, 0) is 0 Å². The second kappa shape index (κ2) is 5.57. The smallest absolute Gasteiger partial charge is 0.176 e. The Labute approximate surface area is 109 Å². The lowest BCUT2D eigenvalue weighted by Gasteiger charge is -2.09. The first-order chi connectivity index (χ1) is 8.19. The predicted octanol–water partition coefficient (Wildman–Crippen LogP) is 2.67. The minimum Gasteiger partial charge on any atom is -0.313 e. The average Bonchev–Trinajstić information content (AvgIpc) is 2.75. The largest absolute Gasteiger partial charge is 0.313 e. The number of aromatic nitrogens is 3. The Morgan fingerprint density at radius 2 is 2.24 bits per heavy atom. The van der Waals surface area contributed by atoms with Gasteiger partial charge in [0.15, 0.2) is 4.34 Å². The topological polar surface area (TPSA) is 50.7 Å². The summed E-state index contributed by atoms with van der Waals surface area (Å²) in [6, 6.07) is 4.43. The van der Waals surface area contributed by atoms with Gasteiger partial charge in [-0.2, -0.15) is 4.37 Å². The van der Waals surface area contributed by atoms with E-state index < -0.39 is 0 Å². The first kappa shape index (κ1) is 12.5. The third kappa shape index (κ3) is 3.24. The summed E-state index contributed by atoms with van der Waals surface area (Å²) in [6.45, 7) is 4.00. The summed E-state index contributed by atoms with van der Waals surface area (Å²) in [5.74, 6) is 0.818. The van der Waals surface area contributed by atoms with Crippen LogP contribution in [0.1, 0.15) is 24.4 Å². The van der Waals surface area contributed by atoms with Gasteiger partial charge < -0.3 is 5.32 Å². The van der Waals surface area contributed by atoms with Crippen molar-refractivity contribution in [3.63, 3.8) is 0 Å². The van der Waals surface area contributed by atoms with Gasteiger partial charge in [0.25, 0.3) is 0 Å². The van der Waals surface area contributed by atoms with Crippen molar-refractivity contribution >= 4 is 23.3 Å². The fourth-order valence-corrected chi connectivity index (χ4v) is 2.82. The van der Waals surface area contributed by atoms with Crippen molar-refractivity contribution in [2.24, 2.45) is 0 Å². The van der Waals surface area contributed by atoms with Crippen LogP contribution in [0.25, 0.3) is 0 Å². The van der Waals surface area contributed by atoms with E-state index >= 15 is 0 Å². The summed E-state index contributed by atoms with van der Waals surface area (Å²) >= 11 is 2.96. The van der Waals surface area contributed by atoms with Gasteiger partial charge in [0.2, 0.25) is 0 Å². The molecule has 0 saturated carbocycles. The van der Waals surface area contributed by atoms with Gasteiger partial charge in [-0.3, -0.25) is 0 Å². The van der Waals surface area contributed by atoms with E-state index in [2.05, 4.69) is 32.6 Å². The maximum Gasteiger partial charge on any atom is 0.176 e. The molecule has 2 rings (SSSR count). The number of nitrogens with zero attached hydrogens (tertiary/aromatic N) is 3. The second-order valence-electron chi connectivity index (χ2n) is 3.65. The van der Waals surface area contributed by atoms with Crippen LogP contribution >= 0.6 is 23.3 Å². The Kier molecular flexibility index (Phi) is 4.09. The molecule has 2 heterocycles. The Morgan fingerprint density at radius 3 is 2.76 bits per heavy atom. The fraction of sp³-hybridized carbons (Fsp3) is 0.364. The molecule has 6 heteroatoms. The molecular formula is C11H14N4S2. The highest BCUT2D eigenvalue weighted by atomic mass is 32.2. The third-order valence-electron chi connectivity index (χ3n) is 2.39. The zero-order valence-corrected chi connectivity index (χ0v) is 11.6. The van der Waals surface area contributed by atoms with E-state index in [0.29, 0.717) is 6.04 Å². The monoisotopic (exact) mass is 266 g/mol. The van der Waals surface area contributed by atoms with E-state index in [1.54, 1.807) is 11.8 Å². The summed E-state index contributed by atoms with van der Waals surface area (Å²) < 4.78 is 5.08. The quantitative estimate of drug-likeness (QED) is 0.922. The predicted molar refractivity (Wildman–Crippen MR) is 70.5 cm³/mol. The van der Waals surface area contributed by atoms with Crippen LogP contribution in [-0.4, -0.2) is 21.4 Å². The number of hydrogen-bond donors (Lipinski definition) is 1. The average molecular weight is 266 g/mol. The van der Waals surface area contributed by atoms with E-state index in [-0.39, 0.29) is 0 Å². The number of hydrogen-bond acceptors (Lipinski definition) is 6. The first-order valence-corrected chi connectivity index (χ1v) is 6.89. The van der Waals surface area contributed by atoms with E-state index in [0.717, 1.165) is 15.2 Å². The molecule has 0 aliphatic rings. The van der Waals surface area contributed by atoms with Crippen molar-refractivity contribution in [2.75, 3.05) is 7.05 Å². The molecule has 17 heavy (non-hydrogen) atoms. The van der Waals surface area contributed by atoms with Crippen molar-refractivity contribution in [3.05, 3.63) is 29.7 Å². The number of rotatable bonds is 4. The lowest BCUT2D eigenvalue weighted by Crippen LogP contribution is -2.12. The standard InChI is InChI=1S/C11H14N4S2/c1-7(12-3)9-4-5-10(13-6-9)16-11-14-8(2)15-17-11/h4-7,12H,1-3H3. The lowest BCUT2D eigenvalue weighted by atomic mass is 10.1. The van der Waals surface area contributed by atoms with Crippen molar-refractivity contribution in [1.82, 2.24) is 19.7 Å². The highest BCUT2D eigenvalue weighted by Gasteiger charge is 2.06. The molecule has 90 valence electrons. The van der Waals surface area contributed by atoms with E-state index in [1.165, 1.54) is 17.1 Å². The Morgan fingerprint density at radius 1 is 1.41 bits per heavy atom. The Balaban J connectivity index is 2.08. The molecule has 0 saturated heterocycles. The molecule has 2 aromatic heterocycles. The number of pyridine rings is 1. The Bertz CT molecular complexity index is 480. The van der Waals surface area contributed by atoms with Gasteiger partial charge in [0.1, 0.15) is 10.9 Å². The molecule has 1 atom stereocenters. The van der Waals surface area contributed by atoms with Crippen LogP contribution in [0, 0.1) is 6.92 Å². The fourth-order valence-electron chi connectivity index (χ4n) is 1.28. The molecule has 2 aromatic rings. The summed E-state index contributed by atoms with van der Waals surface area (Å²) in [7, 11) is 1.94. The van der Waals surface area contributed by atoms with Gasteiger partial charge in [-0.25, -0.2) is 9.97 Å². The molecule has 0 aliphatic heterocycles. The van der Waals surface area contributed by atoms with Crippen molar-refractivity contribution < 1.29 is 0 Å². The van der Waals surface area contributed by atoms with Crippen molar-refractivity contribution in [2.45, 2.75) is 29.3 Å². The van der Waals surface area contributed by atoms with Crippen LogP contribution in [0.5, 0.6) is 0 Å². The second-order valence-corrected chi connectivity index (χ2v) is 5.67. The molecule has 1 unspecified atom stereocenters. The normalized spacial score (nSPS) is 12.6. The van der Waals surface area contributed by atoms with E-state index in [4.69, 9.17) is 0 Å². The molecule has 0 amide bonds. The molecule has 0 radical (unpaired) electrons. The molecule has 0 spiro atoms. The summed E-state index contributed by atoms with van der Waals surface area (Å²) in [5, 5.41) is 4.14. The molecular weight excluding hydrogens is 252 g/mol. The molecule has 4 nitrogen and oxygen atoms in total. The molecule has 0 bridgehead atoms. The van der Waals surface area contributed by atoms with Gasteiger partial charge in [0, 0.05) is 12.2 Å². The number of nitrogens with one attached hydrogen (secondary N) is 1. The zero-order valence-electron chi connectivity index (χ0n) is 9.97. The minimum atomic E-state index is 0.324.